The molecule has 3 rings (SSSR count). The van der Waals surface area contributed by atoms with Crippen molar-refractivity contribution in [2.75, 3.05) is 5.32 Å². The van der Waals surface area contributed by atoms with Crippen molar-refractivity contribution >= 4 is 23.5 Å². The highest BCUT2D eigenvalue weighted by atomic mass is 16.3. The lowest BCUT2D eigenvalue weighted by atomic mass is 10.2. The zero-order valence-corrected chi connectivity index (χ0v) is 12.9. The summed E-state index contributed by atoms with van der Waals surface area (Å²) in [6.07, 6.45) is 1.57. The van der Waals surface area contributed by atoms with Gasteiger partial charge in [0.25, 0.3) is 0 Å². The molecule has 3 aromatic rings. The number of nitriles is 2. The zero-order chi connectivity index (χ0) is 17.6. The van der Waals surface area contributed by atoms with Gasteiger partial charge >= 0.3 is 0 Å². The van der Waals surface area contributed by atoms with Crippen LogP contribution in [0, 0.1) is 22.7 Å². The van der Waals surface area contributed by atoms with Crippen LogP contribution in [0.25, 0.3) is 0 Å². The first-order valence-corrected chi connectivity index (χ1v) is 7.28. The number of anilines is 2. The summed E-state index contributed by atoms with van der Waals surface area (Å²) in [7, 11) is 0. The second-order valence-electron chi connectivity index (χ2n) is 5.07. The fourth-order valence-corrected chi connectivity index (χ4v) is 2.09. The maximum atomic E-state index is 9.38. The number of hydrogen-bond acceptors (Lipinski definition) is 6. The van der Waals surface area contributed by atoms with Gasteiger partial charge in [0.2, 0.25) is 0 Å². The van der Waals surface area contributed by atoms with E-state index in [0.717, 1.165) is 5.56 Å². The Morgan fingerprint density at radius 2 is 1.76 bits per heavy atom. The fraction of sp³-hybridized carbons (Fsp3) is 0. The van der Waals surface area contributed by atoms with Gasteiger partial charge in [0, 0.05) is 11.9 Å². The van der Waals surface area contributed by atoms with E-state index >= 15 is 0 Å². The second kappa shape index (κ2) is 6.99. The first-order chi connectivity index (χ1) is 12.2. The van der Waals surface area contributed by atoms with E-state index in [0.29, 0.717) is 22.9 Å². The van der Waals surface area contributed by atoms with E-state index in [2.05, 4.69) is 26.6 Å². The topological polar surface area (TPSA) is 121 Å². The molecule has 0 aliphatic heterocycles. The lowest BCUT2D eigenvalue weighted by molar-refractivity contribution is 0.475. The number of hydrogen-bond donors (Lipinski definition) is 3. The number of H-pyrrole nitrogens is 1. The van der Waals surface area contributed by atoms with Crippen LogP contribution in [-0.2, 0) is 0 Å². The lowest BCUT2D eigenvalue weighted by Crippen LogP contribution is -1.92. The van der Waals surface area contributed by atoms with Crippen molar-refractivity contribution in [1.82, 2.24) is 10.2 Å². The number of benzene rings is 2. The summed E-state index contributed by atoms with van der Waals surface area (Å²) in [4.78, 5) is 4.24. The van der Waals surface area contributed by atoms with Crippen molar-refractivity contribution in [1.29, 1.82) is 10.5 Å². The first kappa shape index (κ1) is 15.8. The highest BCUT2D eigenvalue weighted by Gasteiger charge is 2.12. The number of nitrogens with one attached hydrogen (secondary N) is 2. The molecular weight excluding hydrogens is 316 g/mol. The van der Waals surface area contributed by atoms with E-state index in [-0.39, 0.29) is 11.3 Å². The molecule has 0 atom stereocenters. The summed E-state index contributed by atoms with van der Waals surface area (Å²) in [6, 6.07) is 17.4. The van der Waals surface area contributed by atoms with E-state index in [9.17, 15) is 10.4 Å². The van der Waals surface area contributed by atoms with Crippen molar-refractivity contribution in [3.8, 4) is 17.9 Å². The maximum Gasteiger partial charge on any atom is 0.172 e. The third-order valence-corrected chi connectivity index (χ3v) is 3.37. The molecule has 0 saturated carbocycles. The van der Waals surface area contributed by atoms with Gasteiger partial charge in [0.05, 0.1) is 11.6 Å². The fourth-order valence-electron chi connectivity index (χ4n) is 2.09. The molecule has 3 N–H and O–H groups in total. The molecule has 7 nitrogen and oxygen atoms in total. The molecule has 0 saturated heterocycles. The highest BCUT2D eigenvalue weighted by Crippen LogP contribution is 2.25. The number of aromatic hydroxyl groups is 1. The van der Waals surface area contributed by atoms with Crippen LogP contribution in [0.1, 0.15) is 16.7 Å². The minimum atomic E-state index is 0.172. The molecule has 2 aromatic carbocycles. The second-order valence-corrected chi connectivity index (χ2v) is 5.07. The zero-order valence-electron chi connectivity index (χ0n) is 12.9. The van der Waals surface area contributed by atoms with Crippen LogP contribution in [0.5, 0.6) is 5.75 Å². The summed E-state index contributed by atoms with van der Waals surface area (Å²) in [6.45, 7) is 0. The molecule has 0 radical (unpaired) electrons. The van der Waals surface area contributed by atoms with Crippen LogP contribution in [0.4, 0.5) is 17.3 Å². The molecule has 0 aliphatic rings. The Hall–Kier alpha value is -4.10. The van der Waals surface area contributed by atoms with E-state index in [1.165, 1.54) is 0 Å². The maximum absolute atomic E-state index is 9.38. The predicted molar refractivity (Wildman–Crippen MR) is 93.1 cm³/mol. The van der Waals surface area contributed by atoms with Gasteiger partial charge in [-0.3, -0.25) is 5.10 Å². The molecule has 0 unspecified atom stereocenters. The summed E-state index contributed by atoms with van der Waals surface area (Å²) >= 11 is 0. The Morgan fingerprint density at radius 3 is 2.40 bits per heavy atom. The summed E-state index contributed by atoms with van der Waals surface area (Å²) < 4.78 is 0. The standard InChI is InChI=1S/C18H12N6O/c19-9-12-1-5-14(6-2-12)22-18-16(10-20)17(23-24-18)21-11-13-3-7-15(25)8-4-13/h1-8,11,25H,(H2,22,23,24)/b21-11+. The van der Waals surface area contributed by atoms with Crippen molar-refractivity contribution in [3.05, 3.63) is 65.2 Å². The minimum absolute atomic E-state index is 0.172. The SMILES string of the molecule is N#Cc1ccc(Nc2n[nH]c(/N=C/c3ccc(O)cc3)c2C#N)cc1. The van der Waals surface area contributed by atoms with Crippen LogP contribution in [0.15, 0.2) is 53.5 Å². The summed E-state index contributed by atoms with van der Waals surface area (Å²) in [5.74, 6) is 0.849. The van der Waals surface area contributed by atoms with Crippen LogP contribution in [-0.4, -0.2) is 21.5 Å². The number of aliphatic imine (C=N–C) groups is 1. The van der Waals surface area contributed by atoms with Crippen LogP contribution < -0.4 is 5.32 Å². The number of rotatable bonds is 4. The average molecular weight is 328 g/mol. The Balaban J connectivity index is 1.82. The molecular formula is C18H12N6O. The number of nitrogens with zero attached hydrogens (tertiary/aromatic N) is 4. The smallest absolute Gasteiger partial charge is 0.172 e. The van der Waals surface area contributed by atoms with E-state index in [4.69, 9.17) is 5.26 Å². The summed E-state index contributed by atoms with van der Waals surface area (Å²) in [5, 5.41) is 37.3. The van der Waals surface area contributed by atoms with E-state index in [1.54, 1.807) is 54.7 Å². The van der Waals surface area contributed by atoms with E-state index in [1.807, 2.05) is 6.07 Å². The quantitative estimate of drug-likeness (QED) is 0.634. The molecule has 0 fully saturated rings. The normalized spacial score (nSPS) is 10.3. The molecule has 1 aromatic heterocycles. The Labute approximate surface area is 143 Å². The molecule has 25 heavy (non-hydrogen) atoms. The number of phenolic OH excluding ortho intramolecular Hbond substituents is 1. The molecule has 0 amide bonds. The summed E-state index contributed by atoms with van der Waals surface area (Å²) in [5.41, 5.74) is 2.31. The van der Waals surface area contributed by atoms with Gasteiger partial charge in [-0.05, 0) is 54.1 Å². The minimum Gasteiger partial charge on any atom is -0.508 e. The monoisotopic (exact) mass is 328 g/mol. The van der Waals surface area contributed by atoms with Crippen LogP contribution in [0.3, 0.4) is 0 Å². The lowest BCUT2D eigenvalue weighted by Gasteiger charge is -2.02. The van der Waals surface area contributed by atoms with Crippen LogP contribution in [0.2, 0.25) is 0 Å². The van der Waals surface area contributed by atoms with Crippen molar-refractivity contribution in [3.63, 3.8) is 0 Å². The van der Waals surface area contributed by atoms with Crippen molar-refractivity contribution < 1.29 is 5.11 Å². The van der Waals surface area contributed by atoms with Gasteiger partial charge in [-0.2, -0.15) is 15.6 Å². The average Bonchev–Trinajstić information content (AvgIpc) is 3.03. The van der Waals surface area contributed by atoms with Gasteiger partial charge in [-0.25, -0.2) is 4.99 Å². The molecule has 0 aliphatic carbocycles. The van der Waals surface area contributed by atoms with Crippen LogP contribution >= 0.6 is 0 Å². The molecule has 120 valence electrons. The first-order valence-electron chi connectivity index (χ1n) is 7.28. The molecule has 7 heteroatoms. The Bertz CT molecular complexity index is 988. The van der Waals surface area contributed by atoms with E-state index < -0.39 is 0 Å². The predicted octanol–water partition coefficient (Wildman–Crippen LogP) is 3.35. The van der Waals surface area contributed by atoms with Crippen molar-refractivity contribution in [2.24, 2.45) is 4.99 Å². The van der Waals surface area contributed by atoms with Gasteiger partial charge < -0.3 is 10.4 Å². The number of aromatic nitrogens is 2. The van der Waals surface area contributed by atoms with Crippen molar-refractivity contribution in [2.45, 2.75) is 0 Å². The number of aromatic amines is 1. The van der Waals surface area contributed by atoms with Gasteiger partial charge in [0.15, 0.2) is 11.6 Å². The van der Waals surface area contributed by atoms with Gasteiger partial charge in [0.1, 0.15) is 17.4 Å². The molecule has 0 bridgehead atoms. The Kier molecular flexibility index (Phi) is 4.41. The largest absolute Gasteiger partial charge is 0.508 e. The molecule has 1 heterocycles. The highest BCUT2D eigenvalue weighted by molar-refractivity contribution is 5.83. The van der Waals surface area contributed by atoms with Gasteiger partial charge in [-0.1, -0.05) is 0 Å². The third-order valence-electron chi connectivity index (χ3n) is 3.37. The Morgan fingerprint density at radius 1 is 1.04 bits per heavy atom. The molecule has 0 spiro atoms. The number of phenols is 1. The van der Waals surface area contributed by atoms with Gasteiger partial charge in [-0.15, -0.1) is 0 Å². The third kappa shape index (κ3) is 3.63.